The van der Waals surface area contributed by atoms with Crippen molar-refractivity contribution in [2.75, 3.05) is 7.11 Å². The van der Waals surface area contributed by atoms with Crippen molar-refractivity contribution in [2.45, 2.75) is 38.9 Å². The van der Waals surface area contributed by atoms with Crippen molar-refractivity contribution in [2.24, 2.45) is 5.92 Å². The van der Waals surface area contributed by atoms with Gasteiger partial charge in [0.25, 0.3) is 0 Å². The number of esters is 2. The van der Waals surface area contributed by atoms with Crippen LogP contribution < -0.4 is 0 Å². The molecule has 5 nitrogen and oxygen atoms in total. The van der Waals surface area contributed by atoms with E-state index < -0.39 is 29.6 Å². The van der Waals surface area contributed by atoms with E-state index in [0.29, 0.717) is 0 Å². The lowest BCUT2D eigenvalue weighted by Crippen LogP contribution is -2.30. The molecule has 2 atom stereocenters. The fraction of sp³-hybridized carbons (Fsp3) is 0.667. The summed E-state index contributed by atoms with van der Waals surface area (Å²) in [5.41, 5.74) is -0.444. The van der Waals surface area contributed by atoms with Crippen molar-refractivity contribution < 1.29 is 24.2 Å². The molecule has 2 unspecified atom stereocenters. The van der Waals surface area contributed by atoms with Gasteiger partial charge in [-0.2, -0.15) is 0 Å². The molecule has 96 valence electrons. The molecule has 1 aliphatic carbocycles. The van der Waals surface area contributed by atoms with Crippen LogP contribution in [0.3, 0.4) is 0 Å². The average molecular weight is 242 g/mol. The predicted octanol–water partition coefficient (Wildman–Crippen LogP) is 0.808. The lowest BCUT2D eigenvalue weighted by Gasteiger charge is -2.22. The summed E-state index contributed by atoms with van der Waals surface area (Å²) >= 11 is 0. The Balaban J connectivity index is 2.81. The quantitative estimate of drug-likeness (QED) is 0.725. The zero-order valence-corrected chi connectivity index (χ0v) is 10.5. The number of aliphatic hydroxyl groups is 1. The number of hydrogen-bond donors (Lipinski definition) is 1. The van der Waals surface area contributed by atoms with Crippen LogP contribution in [0.2, 0.25) is 0 Å². The molecule has 17 heavy (non-hydrogen) atoms. The first-order valence-electron chi connectivity index (χ1n) is 5.45. The molecule has 0 saturated heterocycles. The van der Waals surface area contributed by atoms with Crippen molar-refractivity contribution in [1.82, 2.24) is 0 Å². The summed E-state index contributed by atoms with van der Waals surface area (Å²) in [4.78, 5) is 23.3. The molecule has 0 aliphatic heterocycles. The molecular formula is C12H18O5. The standard InChI is InChI=1S/C12H18O5/c1-12(2,3)17-11(15)9-6-7(13)5-8(9)10(14)16-4/h5,7,9,13H,6H2,1-4H3. The third-order valence-corrected chi connectivity index (χ3v) is 2.34. The van der Waals surface area contributed by atoms with E-state index in [1.165, 1.54) is 13.2 Å². The van der Waals surface area contributed by atoms with Gasteiger partial charge < -0.3 is 14.6 Å². The van der Waals surface area contributed by atoms with Crippen molar-refractivity contribution in [3.05, 3.63) is 11.6 Å². The Morgan fingerprint density at radius 2 is 2.00 bits per heavy atom. The third kappa shape index (κ3) is 3.56. The van der Waals surface area contributed by atoms with Crippen LogP contribution in [0.15, 0.2) is 11.6 Å². The minimum absolute atomic E-state index is 0.166. The molecule has 0 aromatic carbocycles. The highest BCUT2D eigenvalue weighted by molar-refractivity contribution is 5.96. The predicted molar refractivity (Wildman–Crippen MR) is 60.1 cm³/mol. The number of hydrogen-bond acceptors (Lipinski definition) is 5. The Morgan fingerprint density at radius 3 is 2.47 bits per heavy atom. The summed E-state index contributed by atoms with van der Waals surface area (Å²) in [6, 6.07) is 0. The van der Waals surface area contributed by atoms with Gasteiger partial charge in [-0.25, -0.2) is 4.79 Å². The Kier molecular flexibility index (Phi) is 3.93. The molecule has 0 amide bonds. The molecule has 0 radical (unpaired) electrons. The first-order chi connectivity index (χ1) is 7.74. The average Bonchev–Trinajstić information content (AvgIpc) is 2.56. The van der Waals surface area contributed by atoms with Crippen molar-refractivity contribution in [1.29, 1.82) is 0 Å². The number of ether oxygens (including phenoxy) is 2. The highest BCUT2D eigenvalue weighted by atomic mass is 16.6. The van der Waals surface area contributed by atoms with E-state index in [1.807, 2.05) is 0 Å². The SMILES string of the molecule is COC(=O)C1=CC(O)CC1C(=O)OC(C)(C)C. The van der Waals surface area contributed by atoms with Crippen LogP contribution >= 0.6 is 0 Å². The monoisotopic (exact) mass is 242 g/mol. The van der Waals surface area contributed by atoms with Gasteiger partial charge in [-0.1, -0.05) is 0 Å². The summed E-state index contributed by atoms with van der Waals surface area (Å²) in [6.45, 7) is 5.24. The van der Waals surface area contributed by atoms with Gasteiger partial charge in [-0.15, -0.1) is 0 Å². The molecule has 0 fully saturated rings. The van der Waals surface area contributed by atoms with Gasteiger partial charge in [-0.05, 0) is 33.3 Å². The van der Waals surface area contributed by atoms with Gasteiger partial charge in [-0.3, -0.25) is 4.79 Å². The topological polar surface area (TPSA) is 72.8 Å². The zero-order valence-electron chi connectivity index (χ0n) is 10.5. The smallest absolute Gasteiger partial charge is 0.334 e. The Morgan fingerprint density at radius 1 is 1.41 bits per heavy atom. The van der Waals surface area contributed by atoms with Gasteiger partial charge in [0, 0.05) is 0 Å². The van der Waals surface area contributed by atoms with E-state index in [1.54, 1.807) is 20.8 Å². The summed E-state index contributed by atoms with van der Waals surface area (Å²) < 4.78 is 9.76. The van der Waals surface area contributed by atoms with Gasteiger partial charge >= 0.3 is 11.9 Å². The van der Waals surface area contributed by atoms with Crippen molar-refractivity contribution in [3.8, 4) is 0 Å². The van der Waals surface area contributed by atoms with Crippen LogP contribution in [0.25, 0.3) is 0 Å². The number of carbonyl (C=O) groups is 2. The maximum Gasteiger partial charge on any atom is 0.334 e. The lowest BCUT2D eigenvalue weighted by atomic mass is 10.0. The minimum Gasteiger partial charge on any atom is -0.466 e. The van der Waals surface area contributed by atoms with Gasteiger partial charge in [0.05, 0.1) is 24.7 Å². The van der Waals surface area contributed by atoms with Gasteiger partial charge in [0.15, 0.2) is 0 Å². The number of methoxy groups -OCH3 is 1. The maximum absolute atomic E-state index is 11.9. The van der Waals surface area contributed by atoms with E-state index in [0.717, 1.165) is 0 Å². The molecule has 0 saturated carbocycles. The van der Waals surface area contributed by atoms with Crippen molar-refractivity contribution in [3.63, 3.8) is 0 Å². The van der Waals surface area contributed by atoms with Crippen LogP contribution in [0.5, 0.6) is 0 Å². The van der Waals surface area contributed by atoms with Crippen LogP contribution in [-0.2, 0) is 19.1 Å². The van der Waals surface area contributed by atoms with Crippen LogP contribution in [0, 0.1) is 5.92 Å². The normalized spacial score (nSPS) is 24.2. The Hall–Kier alpha value is -1.36. The molecule has 1 N–H and O–H groups in total. The molecule has 0 aromatic heterocycles. The van der Waals surface area contributed by atoms with E-state index in [-0.39, 0.29) is 12.0 Å². The van der Waals surface area contributed by atoms with Crippen LogP contribution in [0.1, 0.15) is 27.2 Å². The highest BCUT2D eigenvalue weighted by Gasteiger charge is 2.38. The Labute approximate surface area is 100 Å². The molecular weight excluding hydrogens is 224 g/mol. The van der Waals surface area contributed by atoms with Crippen LogP contribution in [0.4, 0.5) is 0 Å². The molecule has 1 aliphatic rings. The second-order valence-corrected chi connectivity index (χ2v) is 5.00. The number of aliphatic hydroxyl groups excluding tert-OH is 1. The lowest BCUT2D eigenvalue weighted by molar-refractivity contribution is -0.160. The summed E-state index contributed by atoms with van der Waals surface area (Å²) in [6.07, 6.45) is 0.710. The van der Waals surface area contributed by atoms with E-state index in [9.17, 15) is 14.7 Å². The first kappa shape index (κ1) is 13.7. The fourth-order valence-corrected chi connectivity index (χ4v) is 1.68. The molecule has 1 rings (SSSR count). The van der Waals surface area contributed by atoms with Crippen LogP contribution in [-0.4, -0.2) is 35.9 Å². The second-order valence-electron chi connectivity index (χ2n) is 5.00. The molecule has 0 spiro atoms. The highest BCUT2D eigenvalue weighted by Crippen LogP contribution is 2.29. The summed E-state index contributed by atoms with van der Waals surface area (Å²) in [5, 5.41) is 9.47. The summed E-state index contributed by atoms with van der Waals surface area (Å²) in [7, 11) is 1.24. The number of carbonyl (C=O) groups excluding carboxylic acids is 2. The van der Waals surface area contributed by atoms with E-state index in [4.69, 9.17) is 4.74 Å². The molecule has 0 aromatic rings. The third-order valence-electron chi connectivity index (χ3n) is 2.34. The fourth-order valence-electron chi connectivity index (χ4n) is 1.68. The second kappa shape index (κ2) is 4.87. The van der Waals surface area contributed by atoms with Crippen molar-refractivity contribution >= 4 is 11.9 Å². The van der Waals surface area contributed by atoms with E-state index >= 15 is 0 Å². The van der Waals surface area contributed by atoms with Gasteiger partial charge in [0.2, 0.25) is 0 Å². The Bertz CT molecular complexity index is 350. The minimum atomic E-state index is -0.804. The maximum atomic E-state index is 11.9. The molecule has 0 heterocycles. The molecule has 0 bridgehead atoms. The molecule has 5 heteroatoms. The van der Waals surface area contributed by atoms with Gasteiger partial charge in [0.1, 0.15) is 5.60 Å². The van der Waals surface area contributed by atoms with E-state index in [2.05, 4.69) is 4.74 Å². The zero-order chi connectivity index (χ0) is 13.2. The summed E-state index contributed by atoms with van der Waals surface area (Å²) in [5.74, 6) is -1.85. The number of rotatable bonds is 2. The largest absolute Gasteiger partial charge is 0.466 e. The first-order valence-corrected chi connectivity index (χ1v) is 5.45.